The summed E-state index contributed by atoms with van der Waals surface area (Å²) in [5.41, 5.74) is -0.0554. The van der Waals surface area contributed by atoms with Crippen LogP contribution in [0.25, 0.3) is 0 Å². The lowest BCUT2D eigenvalue weighted by molar-refractivity contribution is -0.123. The molecular formula is C12H16FN3O2. The maximum atomic E-state index is 13.2. The van der Waals surface area contributed by atoms with Crippen LogP contribution in [0.5, 0.6) is 0 Å². The summed E-state index contributed by atoms with van der Waals surface area (Å²) in [4.78, 5) is 26.3. The van der Waals surface area contributed by atoms with Crippen molar-refractivity contribution in [3.8, 4) is 0 Å². The van der Waals surface area contributed by atoms with Crippen molar-refractivity contribution in [2.45, 2.75) is 13.8 Å². The summed E-state index contributed by atoms with van der Waals surface area (Å²) in [5, 5.41) is 5.16. The van der Waals surface area contributed by atoms with E-state index in [0.29, 0.717) is 6.54 Å². The average molecular weight is 253 g/mol. The van der Waals surface area contributed by atoms with Gasteiger partial charge in [0.2, 0.25) is 5.91 Å². The van der Waals surface area contributed by atoms with E-state index in [-0.39, 0.29) is 23.9 Å². The Labute approximate surface area is 105 Å². The Balaban J connectivity index is 2.35. The minimum Gasteiger partial charge on any atom is -0.354 e. The number of carbonyl (C=O) groups excluding carboxylic acids is 2. The van der Waals surface area contributed by atoms with Crippen molar-refractivity contribution in [1.29, 1.82) is 0 Å². The zero-order valence-corrected chi connectivity index (χ0v) is 10.4. The van der Waals surface area contributed by atoms with Gasteiger partial charge >= 0.3 is 0 Å². The van der Waals surface area contributed by atoms with E-state index in [1.807, 2.05) is 0 Å². The second-order valence-corrected chi connectivity index (χ2v) is 4.06. The van der Waals surface area contributed by atoms with Gasteiger partial charge in [-0.05, 0) is 6.07 Å². The zero-order chi connectivity index (χ0) is 13.5. The molecule has 1 aromatic heterocycles. The summed E-state index contributed by atoms with van der Waals surface area (Å²) < 4.78 is 13.2. The molecule has 98 valence electrons. The van der Waals surface area contributed by atoms with Crippen molar-refractivity contribution < 1.29 is 14.0 Å². The smallest absolute Gasteiger partial charge is 0.254 e. The van der Waals surface area contributed by atoms with Gasteiger partial charge in [-0.25, -0.2) is 4.39 Å². The quantitative estimate of drug-likeness (QED) is 0.760. The molecule has 0 aliphatic rings. The number of rotatable bonds is 5. The largest absolute Gasteiger partial charge is 0.354 e. The van der Waals surface area contributed by atoms with Crippen LogP contribution in [0.2, 0.25) is 0 Å². The summed E-state index contributed by atoms with van der Waals surface area (Å²) in [5.74, 6) is -1.37. The second kappa shape index (κ2) is 6.68. The van der Waals surface area contributed by atoms with Gasteiger partial charge in [-0.1, -0.05) is 13.8 Å². The molecule has 0 aliphatic carbocycles. The lowest BCUT2D eigenvalue weighted by atomic mass is 10.2. The highest BCUT2D eigenvalue weighted by molar-refractivity contribution is 5.94. The van der Waals surface area contributed by atoms with E-state index < -0.39 is 11.7 Å². The highest BCUT2D eigenvalue weighted by Crippen LogP contribution is 2.03. The minimum absolute atomic E-state index is 0.0554. The van der Waals surface area contributed by atoms with E-state index in [1.54, 1.807) is 13.8 Å². The van der Waals surface area contributed by atoms with Crippen LogP contribution in [0.15, 0.2) is 18.5 Å². The molecule has 1 heterocycles. The molecule has 1 aromatic rings. The SMILES string of the molecule is CC(C)C(=O)NCCNC(=O)c1ccncc1F. The summed E-state index contributed by atoms with van der Waals surface area (Å²) in [6, 6.07) is 1.30. The molecule has 0 saturated carbocycles. The van der Waals surface area contributed by atoms with Gasteiger partial charge in [0.15, 0.2) is 5.82 Å². The van der Waals surface area contributed by atoms with Crippen LogP contribution in [0, 0.1) is 11.7 Å². The summed E-state index contributed by atoms with van der Waals surface area (Å²) in [6.07, 6.45) is 2.33. The normalized spacial score (nSPS) is 10.2. The Morgan fingerprint density at radius 3 is 2.61 bits per heavy atom. The van der Waals surface area contributed by atoms with E-state index in [2.05, 4.69) is 15.6 Å². The highest BCUT2D eigenvalue weighted by atomic mass is 19.1. The van der Waals surface area contributed by atoms with E-state index in [0.717, 1.165) is 6.20 Å². The number of carbonyl (C=O) groups is 2. The first-order valence-electron chi connectivity index (χ1n) is 5.67. The van der Waals surface area contributed by atoms with Crippen LogP contribution in [0.1, 0.15) is 24.2 Å². The Morgan fingerprint density at radius 2 is 2.00 bits per heavy atom. The van der Waals surface area contributed by atoms with Gasteiger partial charge in [0, 0.05) is 25.2 Å². The van der Waals surface area contributed by atoms with Crippen LogP contribution in [-0.4, -0.2) is 29.9 Å². The number of pyridine rings is 1. The Hall–Kier alpha value is -1.98. The topological polar surface area (TPSA) is 71.1 Å². The zero-order valence-electron chi connectivity index (χ0n) is 10.4. The first-order chi connectivity index (χ1) is 8.52. The molecule has 2 N–H and O–H groups in total. The molecule has 0 radical (unpaired) electrons. The van der Waals surface area contributed by atoms with Gasteiger partial charge in [-0.2, -0.15) is 0 Å². The fourth-order valence-corrected chi connectivity index (χ4v) is 1.22. The Morgan fingerprint density at radius 1 is 1.33 bits per heavy atom. The third-order valence-corrected chi connectivity index (χ3v) is 2.25. The molecule has 5 nitrogen and oxygen atoms in total. The van der Waals surface area contributed by atoms with Crippen molar-refractivity contribution in [3.63, 3.8) is 0 Å². The van der Waals surface area contributed by atoms with Crippen LogP contribution >= 0.6 is 0 Å². The predicted octanol–water partition coefficient (Wildman–Crippen LogP) is 0.723. The molecule has 6 heteroatoms. The van der Waals surface area contributed by atoms with Crippen molar-refractivity contribution in [1.82, 2.24) is 15.6 Å². The summed E-state index contributed by atoms with van der Waals surface area (Å²) in [7, 11) is 0. The molecular weight excluding hydrogens is 237 g/mol. The summed E-state index contributed by atoms with van der Waals surface area (Å²) >= 11 is 0. The fraction of sp³-hybridized carbons (Fsp3) is 0.417. The number of aromatic nitrogens is 1. The Bertz CT molecular complexity index is 435. The fourth-order valence-electron chi connectivity index (χ4n) is 1.22. The number of hydrogen-bond acceptors (Lipinski definition) is 3. The number of hydrogen-bond donors (Lipinski definition) is 2. The second-order valence-electron chi connectivity index (χ2n) is 4.06. The number of halogens is 1. The molecule has 2 amide bonds. The Kier molecular flexibility index (Phi) is 5.23. The molecule has 0 aliphatic heterocycles. The molecule has 18 heavy (non-hydrogen) atoms. The van der Waals surface area contributed by atoms with Crippen molar-refractivity contribution in [3.05, 3.63) is 29.8 Å². The van der Waals surface area contributed by atoms with Gasteiger partial charge in [0.1, 0.15) is 0 Å². The molecule has 0 atom stereocenters. The van der Waals surface area contributed by atoms with Crippen molar-refractivity contribution in [2.24, 2.45) is 5.92 Å². The van der Waals surface area contributed by atoms with Gasteiger partial charge in [-0.15, -0.1) is 0 Å². The minimum atomic E-state index is -0.666. The average Bonchev–Trinajstić information content (AvgIpc) is 2.34. The molecule has 0 saturated heterocycles. The number of nitrogens with one attached hydrogen (secondary N) is 2. The van der Waals surface area contributed by atoms with E-state index in [1.165, 1.54) is 12.3 Å². The van der Waals surface area contributed by atoms with Gasteiger partial charge in [-0.3, -0.25) is 14.6 Å². The third kappa shape index (κ3) is 4.12. The molecule has 1 rings (SSSR count). The van der Waals surface area contributed by atoms with E-state index >= 15 is 0 Å². The van der Waals surface area contributed by atoms with Gasteiger partial charge in [0.05, 0.1) is 11.8 Å². The molecule has 0 fully saturated rings. The van der Waals surface area contributed by atoms with Gasteiger partial charge < -0.3 is 10.6 Å². The first kappa shape index (κ1) is 14.1. The van der Waals surface area contributed by atoms with Crippen LogP contribution in [0.3, 0.4) is 0 Å². The lowest BCUT2D eigenvalue weighted by Crippen LogP contribution is -2.36. The van der Waals surface area contributed by atoms with Crippen molar-refractivity contribution in [2.75, 3.05) is 13.1 Å². The van der Waals surface area contributed by atoms with Crippen LogP contribution in [0.4, 0.5) is 4.39 Å². The monoisotopic (exact) mass is 253 g/mol. The maximum absolute atomic E-state index is 13.2. The predicted molar refractivity (Wildman–Crippen MR) is 64.4 cm³/mol. The standard InChI is InChI=1S/C12H16FN3O2/c1-8(2)11(17)15-5-6-16-12(18)9-3-4-14-7-10(9)13/h3-4,7-8H,5-6H2,1-2H3,(H,15,17)(H,16,18). The number of amides is 2. The lowest BCUT2D eigenvalue weighted by Gasteiger charge is -2.08. The van der Waals surface area contributed by atoms with Crippen LogP contribution in [-0.2, 0) is 4.79 Å². The first-order valence-corrected chi connectivity index (χ1v) is 5.67. The molecule has 0 unspecified atom stereocenters. The molecule has 0 aromatic carbocycles. The van der Waals surface area contributed by atoms with E-state index in [4.69, 9.17) is 0 Å². The highest BCUT2D eigenvalue weighted by Gasteiger charge is 2.10. The molecule has 0 spiro atoms. The van der Waals surface area contributed by atoms with E-state index in [9.17, 15) is 14.0 Å². The summed E-state index contributed by atoms with van der Waals surface area (Å²) in [6.45, 7) is 4.12. The third-order valence-electron chi connectivity index (χ3n) is 2.25. The molecule has 0 bridgehead atoms. The van der Waals surface area contributed by atoms with Crippen LogP contribution < -0.4 is 10.6 Å². The van der Waals surface area contributed by atoms with Gasteiger partial charge in [0.25, 0.3) is 5.91 Å². The van der Waals surface area contributed by atoms with Crippen molar-refractivity contribution >= 4 is 11.8 Å². The maximum Gasteiger partial charge on any atom is 0.254 e. The number of nitrogens with zero attached hydrogens (tertiary/aromatic N) is 1.